The Morgan fingerprint density at radius 3 is 2.00 bits per heavy atom. The van der Waals surface area contributed by atoms with Crippen LogP contribution in [0, 0.1) is 0 Å². The van der Waals surface area contributed by atoms with Crippen LogP contribution in [0.4, 0.5) is 0 Å². The Morgan fingerprint density at radius 2 is 1.57 bits per heavy atom. The second-order valence-corrected chi connectivity index (χ2v) is 7.55. The van der Waals surface area contributed by atoms with Crippen LogP contribution in [-0.4, -0.2) is 46.7 Å². The van der Waals surface area contributed by atoms with Crippen molar-refractivity contribution < 1.29 is 9.59 Å². The van der Waals surface area contributed by atoms with Gasteiger partial charge in [-0.1, -0.05) is 25.3 Å². The number of pyridine rings is 2. The number of hydrogen-bond donors (Lipinski definition) is 2. The highest BCUT2D eigenvalue weighted by molar-refractivity contribution is 9.10. The lowest BCUT2D eigenvalue weighted by Crippen LogP contribution is -2.27. The number of aromatic nitrogens is 2. The molecule has 30 heavy (non-hydrogen) atoms. The Hall–Kier alpha value is -2.72. The summed E-state index contributed by atoms with van der Waals surface area (Å²) in [6.07, 6.45) is 4.91. The van der Waals surface area contributed by atoms with E-state index in [4.69, 9.17) is 0 Å². The molecule has 0 aliphatic carbocycles. The normalized spacial score (nSPS) is 9.47. The van der Waals surface area contributed by atoms with Crippen molar-refractivity contribution in [3.63, 3.8) is 0 Å². The van der Waals surface area contributed by atoms with E-state index in [1.165, 1.54) is 9.80 Å². The first-order valence-electron chi connectivity index (χ1n) is 8.71. The summed E-state index contributed by atoms with van der Waals surface area (Å²) in [4.78, 5) is 32.2. The fourth-order valence-electron chi connectivity index (χ4n) is 1.94. The van der Waals surface area contributed by atoms with Crippen LogP contribution in [0.2, 0.25) is 0 Å². The molecule has 2 amide bonds. The van der Waals surface area contributed by atoms with Gasteiger partial charge in [-0.15, -0.1) is 0 Å². The number of hydrogen-bond acceptors (Lipinski definition) is 6. The van der Waals surface area contributed by atoms with E-state index in [9.17, 15) is 9.59 Å². The summed E-state index contributed by atoms with van der Waals surface area (Å²) in [5.41, 5.74) is 1.97. The van der Waals surface area contributed by atoms with E-state index in [0.717, 1.165) is 26.7 Å². The second-order valence-electron chi connectivity index (χ2n) is 5.92. The lowest BCUT2D eigenvalue weighted by molar-refractivity contribution is -0.117. The Labute approximate surface area is 193 Å². The first-order valence-corrected chi connectivity index (χ1v) is 10.3. The molecule has 160 valence electrons. The van der Waals surface area contributed by atoms with Gasteiger partial charge >= 0.3 is 0 Å². The van der Waals surface area contributed by atoms with Crippen LogP contribution in [0.1, 0.15) is 11.1 Å². The maximum atomic E-state index is 10.8. The zero-order valence-electron chi connectivity index (χ0n) is 16.8. The predicted molar refractivity (Wildman–Crippen MR) is 123 cm³/mol. The maximum absolute atomic E-state index is 10.8. The van der Waals surface area contributed by atoms with Gasteiger partial charge in [0, 0.05) is 33.0 Å². The van der Waals surface area contributed by atoms with Crippen molar-refractivity contribution >= 4 is 44.7 Å². The molecule has 8 nitrogen and oxygen atoms in total. The Morgan fingerprint density at radius 1 is 1.00 bits per heavy atom. The van der Waals surface area contributed by atoms with Gasteiger partial charge in [0.1, 0.15) is 20.8 Å². The van der Waals surface area contributed by atoms with Crippen LogP contribution in [-0.2, 0) is 22.7 Å². The molecule has 0 atom stereocenters. The Kier molecular flexibility index (Phi) is 11.4. The average Bonchev–Trinajstić information content (AvgIpc) is 2.77. The van der Waals surface area contributed by atoms with Crippen molar-refractivity contribution in [2.24, 2.45) is 0 Å². The zero-order chi connectivity index (χ0) is 22.5. The van der Waals surface area contributed by atoms with E-state index in [-0.39, 0.29) is 0 Å². The van der Waals surface area contributed by atoms with Gasteiger partial charge in [-0.3, -0.25) is 14.5 Å². The molecule has 2 aromatic rings. The highest BCUT2D eigenvalue weighted by Gasteiger charge is 2.05. The molecule has 0 bridgehead atoms. The van der Waals surface area contributed by atoms with Crippen LogP contribution < -0.4 is 10.6 Å². The van der Waals surface area contributed by atoms with Crippen LogP contribution in [0.3, 0.4) is 0 Å². The third-order valence-corrected chi connectivity index (χ3v) is 4.71. The molecule has 2 rings (SSSR count). The first kappa shape index (κ1) is 25.3. The van der Waals surface area contributed by atoms with Gasteiger partial charge in [0.15, 0.2) is 0 Å². The van der Waals surface area contributed by atoms with E-state index in [1.54, 1.807) is 26.5 Å². The molecule has 0 saturated carbocycles. The van der Waals surface area contributed by atoms with E-state index >= 15 is 0 Å². The third-order valence-electron chi connectivity index (χ3n) is 3.77. The molecule has 0 unspecified atom stereocenters. The van der Waals surface area contributed by atoms with Gasteiger partial charge in [0.05, 0.1) is 6.54 Å². The molecule has 0 aromatic carbocycles. The van der Waals surface area contributed by atoms with Gasteiger partial charge in [-0.25, -0.2) is 9.97 Å². The lowest BCUT2D eigenvalue weighted by atomic mass is 10.3. The predicted octanol–water partition coefficient (Wildman–Crippen LogP) is 2.99. The number of carbonyl (C=O) groups is 2. The largest absolute Gasteiger partial charge is 0.375 e. The minimum atomic E-state index is 0.462. The van der Waals surface area contributed by atoms with E-state index in [2.05, 4.69) is 65.6 Å². The number of nitrogens with one attached hydrogen (secondary N) is 2. The summed E-state index contributed by atoms with van der Waals surface area (Å²) in [6.45, 7) is 8.48. The van der Waals surface area contributed by atoms with Crippen molar-refractivity contribution in [1.82, 2.24) is 30.4 Å². The highest BCUT2D eigenvalue weighted by atomic mass is 79.9. The molecule has 2 N–H and O–H groups in total. The summed E-state index contributed by atoms with van der Waals surface area (Å²) in [7, 11) is 3.36. The quantitative estimate of drug-likeness (QED) is 0.356. The van der Waals surface area contributed by atoms with Crippen LogP contribution >= 0.6 is 31.9 Å². The minimum Gasteiger partial charge on any atom is -0.375 e. The van der Waals surface area contributed by atoms with Crippen LogP contribution in [0.5, 0.6) is 0 Å². The summed E-state index contributed by atoms with van der Waals surface area (Å²) in [5.74, 6) is 1.13. The van der Waals surface area contributed by atoms with Crippen molar-refractivity contribution in [2.45, 2.75) is 13.1 Å². The van der Waals surface area contributed by atoms with Gasteiger partial charge in [0.25, 0.3) is 0 Å². The average molecular weight is 540 g/mol. The molecule has 0 spiro atoms. The highest BCUT2D eigenvalue weighted by Crippen LogP contribution is 2.09. The molecule has 0 aliphatic rings. The molecule has 10 heteroatoms. The number of amides is 2. The van der Waals surface area contributed by atoms with Gasteiger partial charge in [-0.05, 0) is 55.1 Å². The topological polar surface area (TPSA) is 90.5 Å². The number of carbonyl (C=O) groups excluding carboxylic acids is 2. The van der Waals surface area contributed by atoms with Gasteiger partial charge in [0.2, 0.25) is 12.8 Å². The zero-order valence-corrected chi connectivity index (χ0v) is 20.0. The van der Waals surface area contributed by atoms with E-state index < -0.39 is 0 Å². The third kappa shape index (κ3) is 9.19. The van der Waals surface area contributed by atoms with Crippen molar-refractivity contribution in [3.8, 4) is 0 Å². The number of rotatable bonds is 10. The Bertz CT molecular complexity index is 841. The molecule has 0 fully saturated rings. The summed E-state index contributed by atoms with van der Waals surface area (Å²) in [6, 6.07) is 7.54. The molecular weight excluding hydrogens is 516 g/mol. The number of nitrogens with zero attached hydrogens (tertiary/aromatic N) is 4. The molecule has 0 radical (unpaired) electrons. The monoisotopic (exact) mass is 538 g/mol. The number of halogens is 2. The van der Waals surface area contributed by atoms with Crippen molar-refractivity contribution in [1.29, 1.82) is 0 Å². The molecular formula is C20H24Br2N6O2. The maximum Gasteiger partial charge on any atom is 0.215 e. The summed E-state index contributed by atoms with van der Waals surface area (Å²) in [5, 5.41) is 5.83. The van der Waals surface area contributed by atoms with Gasteiger partial charge in [-0.2, -0.15) is 0 Å². The molecule has 2 heterocycles. The molecule has 0 saturated heterocycles. The van der Waals surface area contributed by atoms with Crippen molar-refractivity contribution in [2.75, 3.05) is 14.1 Å². The second kappa shape index (κ2) is 13.5. The standard InChI is InChI=1S/2C10H12BrN3O/c1-8(14(2)7-15)12-5-9-3-4-10(11)13-6-9;1-8(12-2)14(7-15)6-9-3-4-10(11)13-5-9/h3-4,6-7,12H,1,5H2,2H3;3-5,7,12H,1,6H2,2H3. The smallest absolute Gasteiger partial charge is 0.215 e. The fourth-order valence-corrected chi connectivity index (χ4v) is 2.41. The first-order chi connectivity index (χ1) is 14.3. The summed E-state index contributed by atoms with van der Waals surface area (Å²) >= 11 is 6.50. The van der Waals surface area contributed by atoms with Crippen molar-refractivity contribution in [3.05, 3.63) is 81.8 Å². The van der Waals surface area contributed by atoms with E-state index in [0.29, 0.717) is 31.1 Å². The molecule has 0 aliphatic heterocycles. The molecule has 2 aromatic heterocycles. The van der Waals surface area contributed by atoms with E-state index in [1.807, 2.05) is 24.3 Å². The summed E-state index contributed by atoms with van der Waals surface area (Å²) < 4.78 is 1.58. The lowest BCUT2D eigenvalue weighted by Gasteiger charge is -2.19. The SMILES string of the molecule is C=C(NC)N(C=O)Cc1ccc(Br)nc1.C=C(NCc1ccc(Br)nc1)N(C)C=O. The minimum absolute atomic E-state index is 0.462. The van der Waals surface area contributed by atoms with Gasteiger partial charge < -0.3 is 15.5 Å². The van der Waals surface area contributed by atoms with Crippen LogP contribution in [0.15, 0.2) is 70.7 Å². The fraction of sp³-hybridized carbons (Fsp3) is 0.200. The van der Waals surface area contributed by atoms with Crippen LogP contribution in [0.25, 0.3) is 0 Å². The Balaban J connectivity index is 0.000000300.